The van der Waals surface area contributed by atoms with E-state index in [-0.39, 0.29) is 11.3 Å². The van der Waals surface area contributed by atoms with Crippen LogP contribution in [0.1, 0.15) is 43.0 Å². The van der Waals surface area contributed by atoms with Gasteiger partial charge in [0.1, 0.15) is 18.1 Å². The zero-order valence-electron chi connectivity index (χ0n) is 25.1. The van der Waals surface area contributed by atoms with E-state index in [9.17, 15) is 14.7 Å². The average molecular weight is 579 g/mol. The summed E-state index contributed by atoms with van der Waals surface area (Å²) in [5.41, 5.74) is 1.89. The van der Waals surface area contributed by atoms with Gasteiger partial charge in [0.2, 0.25) is 0 Å². The van der Waals surface area contributed by atoms with Gasteiger partial charge >= 0.3 is 0 Å². The number of rotatable bonds is 13. The number of aliphatic hydroxyl groups excluding tert-OH is 1. The number of ether oxygens (including phenoxy) is 4. The lowest BCUT2D eigenvalue weighted by atomic mass is 9.93. The molecule has 2 aliphatic heterocycles. The fourth-order valence-electron chi connectivity index (χ4n) is 5.27. The molecule has 0 aliphatic carbocycles. The number of morpholine rings is 1. The number of ketones is 1. The number of hydrogen-bond donors (Lipinski definition) is 1. The van der Waals surface area contributed by atoms with Crippen LogP contribution < -0.4 is 14.2 Å². The first-order valence-corrected chi connectivity index (χ1v) is 14.5. The topological polar surface area (TPSA) is 97.8 Å². The summed E-state index contributed by atoms with van der Waals surface area (Å²) in [4.78, 5) is 30.9. The Labute approximate surface area is 248 Å². The van der Waals surface area contributed by atoms with E-state index >= 15 is 0 Å². The highest BCUT2D eigenvalue weighted by Gasteiger charge is 2.46. The smallest absolute Gasteiger partial charge is 0.295 e. The standard InChI is InChI=1S/C33H42N2O7/c1-6-16-41-27-11-8-24(20-28(27)39-5)30-29(31(36)26-10-9-25(19-23(26)4)42-21-22(2)3)32(37)33(38)35(30)13-7-12-34-14-17-40-18-15-34/h6,8-11,19-20,22,30,36H,1,7,12-18,21H2,2-5H3/b31-29+. The Hall–Kier alpha value is -3.82. The predicted molar refractivity (Wildman–Crippen MR) is 161 cm³/mol. The van der Waals surface area contributed by atoms with Gasteiger partial charge in [0, 0.05) is 31.7 Å². The molecule has 2 aromatic rings. The molecule has 2 aromatic carbocycles. The fraction of sp³-hybridized carbons (Fsp3) is 0.455. The van der Waals surface area contributed by atoms with Gasteiger partial charge < -0.3 is 29.0 Å². The highest BCUT2D eigenvalue weighted by Crippen LogP contribution is 2.42. The summed E-state index contributed by atoms with van der Waals surface area (Å²) in [6, 6.07) is 9.84. The lowest BCUT2D eigenvalue weighted by Crippen LogP contribution is -2.39. The second kappa shape index (κ2) is 14.4. The molecule has 9 nitrogen and oxygen atoms in total. The molecule has 9 heteroatoms. The Balaban J connectivity index is 1.72. The third-order valence-electron chi connectivity index (χ3n) is 7.41. The van der Waals surface area contributed by atoms with Gasteiger partial charge in [-0.2, -0.15) is 0 Å². The van der Waals surface area contributed by atoms with E-state index < -0.39 is 17.7 Å². The van der Waals surface area contributed by atoms with Crippen molar-refractivity contribution in [2.45, 2.75) is 33.2 Å². The second-order valence-corrected chi connectivity index (χ2v) is 11.0. The highest BCUT2D eigenvalue weighted by molar-refractivity contribution is 6.46. The summed E-state index contributed by atoms with van der Waals surface area (Å²) in [5.74, 6) is 0.446. The summed E-state index contributed by atoms with van der Waals surface area (Å²) >= 11 is 0. The fourth-order valence-corrected chi connectivity index (χ4v) is 5.27. The summed E-state index contributed by atoms with van der Waals surface area (Å²) < 4.78 is 22.6. The largest absolute Gasteiger partial charge is 0.507 e. The van der Waals surface area contributed by atoms with Crippen molar-refractivity contribution in [1.29, 1.82) is 0 Å². The van der Waals surface area contributed by atoms with Gasteiger partial charge in [0.05, 0.1) is 38.5 Å². The highest BCUT2D eigenvalue weighted by atomic mass is 16.5. The first-order valence-electron chi connectivity index (χ1n) is 14.5. The molecule has 1 amide bonds. The third kappa shape index (κ3) is 7.14. The lowest BCUT2D eigenvalue weighted by Gasteiger charge is -2.29. The van der Waals surface area contributed by atoms with Crippen molar-refractivity contribution in [3.8, 4) is 17.2 Å². The van der Waals surface area contributed by atoms with Crippen molar-refractivity contribution in [2.75, 3.05) is 59.7 Å². The lowest BCUT2D eigenvalue weighted by molar-refractivity contribution is -0.140. The molecule has 42 heavy (non-hydrogen) atoms. The Kier molecular flexibility index (Phi) is 10.7. The van der Waals surface area contributed by atoms with Crippen molar-refractivity contribution < 1.29 is 33.6 Å². The Morgan fingerprint density at radius 3 is 2.52 bits per heavy atom. The van der Waals surface area contributed by atoms with Gasteiger partial charge in [-0.05, 0) is 60.7 Å². The molecule has 0 saturated carbocycles. The van der Waals surface area contributed by atoms with Crippen molar-refractivity contribution in [2.24, 2.45) is 5.92 Å². The van der Waals surface area contributed by atoms with Crippen LogP contribution in [-0.4, -0.2) is 86.3 Å². The van der Waals surface area contributed by atoms with Crippen LogP contribution in [0.3, 0.4) is 0 Å². The monoisotopic (exact) mass is 578 g/mol. The molecule has 1 unspecified atom stereocenters. The molecule has 0 spiro atoms. The van der Waals surface area contributed by atoms with Crippen LogP contribution in [0.4, 0.5) is 0 Å². The summed E-state index contributed by atoms with van der Waals surface area (Å²) in [5, 5.41) is 11.6. The number of aryl methyl sites for hydroxylation is 1. The van der Waals surface area contributed by atoms with E-state index in [4.69, 9.17) is 18.9 Å². The van der Waals surface area contributed by atoms with E-state index in [2.05, 4.69) is 25.3 Å². The normalized spacial score (nSPS) is 18.9. The van der Waals surface area contributed by atoms with Gasteiger partial charge in [-0.25, -0.2) is 0 Å². The molecule has 0 bridgehead atoms. The average Bonchev–Trinajstić information content (AvgIpc) is 3.24. The number of hydrogen-bond acceptors (Lipinski definition) is 8. The number of carbonyl (C=O) groups is 2. The first-order chi connectivity index (χ1) is 20.2. The van der Waals surface area contributed by atoms with E-state index in [1.54, 1.807) is 41.3 Å². The van der Waals surface area contributed by atoms with Gasteiger partial charge in [-0.1, -0.05) is 32.6 Å². The quantitative estimate of drug-likeness (QED) is 0.158. The summed E-state index contributed by atoms with van der Waals surface area (Å²) in [6.07, 6.45) is 2.31. The molecule has 2 saturated heterocycles. The van der Waals surface area contributed by atoms with Crippen molar-refractivity contribution >= 4 is 17.4 Å². The number of Topliss-reactive ketones (excluding diaryl/α,β-unsaturated/α-hetero) is 1. The number of amides is 1. The third-order valence-corrected chi connectivity index (χ3v) is 7.41. The zero-order chi connectivity index (χ0) is 30.2. The molecule has 2 fully saturated rings. The number of nitrogens with zero attached hydrogens (tertiary/aromatic N) is 2. The Morgan fingerprint density at radius 2 is 1.86 bits per heavy atom. The van der Waals surface area contributed by atoms with E-state index in [1.165, 1.54) is 7.11 Å². The number of carbonyl (C=O) groups excluding carboxylic acids is 2. The minimum Gasteiger partial charge on any atom is -0.507 e. The van der Waals surface area contributed by atoms with E-state index in [1.807, 2.05) is 13.0 Å². The number of methoxy groups -OCH3 is 1. The molecule has 2 aliphatic rings. The van der Waals surface area contributed by atoms with Crippen molar-refractivity contribution in [1.82, 2.24) is 9.80 Å². The summed E-state index contributed by atoms with van der Waals surface area (Å²) in [6.45, 7) is 14.7. The van der Waals surface area contributed by atoms with Crippen LogP contribution in [-0.2, 0) is 14.3 Å². The second-order valence-electron chi connectivity index (χ2n) is 11.0. The number of likely N-dealkylation sites (tertiary alicyclic amines) is 1. The molecule has 4 rings (SSSR count). The maximum Gasteiger partial charge on any atom is 0.295 e. The molecule has 2 heterocycles. The molecule has 0 aromatic heterocycles. The van der Waals surface area contributed by atoms with Gasteiger partial charge in [-0.3, -0.25) is 14.5 Å². The zero-order valence-corrected chi connectivity index (χ0v) is 25.1. The van der Waals surface area contributed by atoms with Crippen LogP contribution in [0.25, 0.3) is 5.76 Å². The molecule has 1 N–H and O–H groups in total. The maximum atomic E-state index is 13.6. The Morgan fingerprint density at radius 1 is 1.10 bits per heavy atom. The van der Waals surface area contributed by atoms with Crippen LogP contribution in [0, 0.1) is 12.8 Å². The Bertz CT molecular complexity index is 1310. The first kappa shape index (κ1) is 31.1. The molecule has 1 atom stereocenters. The SMILES string of the molecule is C=CCOc1ccc(C2/C(=C(\O)c3ccc(OCC(C)C)cc3C)C(=O)C(=O)N2CCCN2CCOCC2)cc1OC. The summed E-state index contributed by atoms with van der Waals surface area (Å²) in [7, 11) is 1.53. The van der Waals surface area contributed by atoms with Gasteiger partial charge in [0.25, 0.3) is 11.7 Å². The van der Waals surface area contributed by atoms with Crippen molar-refractivity contribution in [3.63, 3.8) is 0 Å². The van der Waals surface area contributed by atoms with Crippen LogP contribution in [0.5, 0.6) is 17.2 Å². The van der Waals surface area contributed by atoms with Crippen LogP contribution in [0.15, 0.2) is 54.6 Å². The number of benzene rings is 2. The van der Waals surface area contributed by atoms with E-state index in [0.29, 0.717) is 73.7 Å². The minimum absolute atomic E-state index is 0.0483. The molecular formula is C33H42N2O7. The maximum absolute atomic E-state index is 13.6. The molecule has 0 radical (unpaired) electrons. The van der Waals surface area contributed by atoms with Gasteiger partial charge in [0.15, 0.2) is 11.5 Å². The molecular weight excluding hydrogens is 536 g/mol. The van der Waals surface area contributed by atoms with Gasteiger partial charge in [-0.15, -0.1) is 0 Å². The number of aliphatic hydroxyl groups is 1. The van der Waals surface area contributed by atoms with Crippen LogP contribution in [0.2, 0.25) is 0 Å². The predicted octanol–water partition coefficient (Wildman–Crippen LogP) is 4.75. The van der Waals surface area contributed by atoms with Crippen LogP contribution >= 0.6 is 0 Å². The van der Waals surface area contributed by atoms with Crippen molar-refractivity contribution in [3.05, 3.63) is 71.3 Å². The molecule has 226 valence electrons. The van der Waals surface area contributed by atoms with E-state index in [0.717, 1.165) is 25.2 Å². The minimum atomic E-state index is -0.798.